The summed E-state index contributed by atoms with van der Waals surface area (Å²) >= 11 is 0. The van der Waals surface area contributed by atoms with Crippen LogP contribution >= 0.6 is 0 Å². The van der Waals surface area contributed by atoms with Gasteiger partial charge in [0.25, 0.3) is 11.5 Å². The van der Waals surface area contributed by atoms with Crippen LogP contribution in [0.1, 0.15) is 21.5 Å². The third-order valence-corrected chi connectivity index (χ3v) is 5.51. The van der Waals surface area contributed by atoms with Crippen LogP contribution in [0.25, 0.3) is 0 Å². The predicted molar refractivity (Wildman–Crippen MR) is 116 cm³/mol. The average Bonchev–Trinajstić information content (AvgIpc) is 2.80. The van der Waals surface area contributed by atoms with Crippen molar-refractivity contribution in [3.8, 4) is 0 Å². The van der Waals surface area contributed by atoms with E-state index in [1.807, 2.05) is 43.3 Å². The van der Waals surface area contributed by atoms with Gasteiger partial charge in [0.2, 0.25) is 0 Å². The third-order valence-electron chi connectivity index (χ3n) is 5.51. The molecule has 4 rings (SSSR count). The predicted octanol–water partition coefficient (Wildman–Crippen LogP) is 2.15. The van der Waals surface area contributed by atoms with Gasteiger partial charge >= 0.3 is 0 Å². The van der Waals surface area contributed by atoms with Crippen LogP contribution in [-0.4, -0.2) is 51.5 Å². The molecule has 0 spiro atoms. The van der Waals surface area contributed by atoms with E-state index in [1.165, 1.54) is 0 Å². The van der Waals surface area contributed by atoms with Crippen LogP contribution in [0, 0.1) is 6.92 Å². The fraction of sp³-hybridized carbons (Fsp3) is 0.304. The summed E-state index contributed by atoms with van der Waals surface area (Å²) in [6.07, 6.45) is 7.56. The number of aromatic nitrogens is 3. The van der Waals surface area contributed by atoms with E-state index in [0.717, 1.165) is 23.4 Å². The van der Waals surface area contributed by atoms with Crippen LogP contribution in [0.5, 0.6) is 0 Å². The van der Waals surface area contributed by atoms with Crippen molar-refractivity contribution in [1.29, 1.82) is 0 Å². The van der Waals surface area contributed by atoms with Crippen molar-refractivity contribution in [3.05, 3.63) is 88.2 Å². The first kappa shape index (κ1) is 19.8. The Bertz CT molecular complexity index is 1060. The first-order chi connectivity index (χ1) is 14.6. The molecular formula is C23H25N5O2. The summed E-state index contributed by atoms with van der Waals surface area (Å²) in [5, 5.41) is 0. The van der Waals surface area contributed by atoms with Gasteiger partial charge in [-0.25, -0.2) is 4.98 Å². The van der Waals surface area contributed by atoms with Crippen LogP contribution in [0.2, 0.25) is 0 Å². The third kappa shape index (κ3) is 4.25. The molecule has 3 heterocycles. The standard InChI is InChI=1S/C23H25N5O2/c1-18-7-11-27(12-8-19-5-3-2-4-6-19)22(29)21(18)23(30)28-15-13-26(14-16-28)20-17-24-9-10-25-20/h2-7,9-11,17H,8,12-16H2,1H3. The summed E-state index contributed by atoms with van der Waals surface area (Å²) in [5.41, 5.74) is 1.95. The van der Waals surface area contributed by atoms with Crippen LogP contribution in [0.4, 0.5) is 5.82 Å². The topological polar surface area (TPSA) is 71.3 Å². The molecule has 0 aliphatic carbocycles. The number of carbonyl (C=O) groups excluding carboxylic acids is 1. The van der Waals surface area contributed by atoms with Crippen molar-refractivity contribution >= 4 is 11.7 Å². The lowest BCUT2D eigenvalue weighted by molar-refractivity contribution is 0.0743. The molecule has 7 heteroatoms. The highest BCUT2D eigenvalue weighted by atomic mass is 16.2. The fourth-order valence-electron chi connectivity index (χ4n) is 3.75. The molecular weight excluding hydrogens is 378 g/mol. The first-order valence-corrected chi connectivity index (χ1v) is 10.2. The number of rotatable bonds is 5. The highest BCUT2D eigenvalue weighted by Gasteiger charge is 2.26. The molecule has 0 unspecified atom stereocenters. The van der Waals surface area contributed by atoms with Crippen molar-refractivity contribution in [2.45, 2.75) is 19.9 Å². The first-order valence-electron chi connectivity index (χ1n) is 10.2. The van der Waals surface area contributed by atoms with E-state index in [9.17, 15) is 9.59 Å². The van der Waals surface area contributed by atoms with Crippen LogP contribution in [0.3, 0.4) is 0 Å². The zero-order valence-electron chi connectivity index (χ0n) is 17.1. The Hall–Kier alpha value is -3.48. The van der Waals surface area contributed by atoms with E-state index in [1.54, 1.807) is 34.3 Å². The highest BCUT2D eigenvalue weighted by molar-refractivity contribution is 5.95. The van der Waals surface area contributed by atoms with Gasteiger partial charge < -0.3 is 14.4 Å². The van der Waals surface area contributed by atoms with E-state index >= 15 is 0 Å². The maximum absolute atomic E-state index is 13.2. The number of piperazine rings is 1. The summed E-state index contributed by atoms with van der Waals surface area (Å²) in [6, 6.07) is 11.9. The summed E-state index contributed by atoms with van der Waals surface area (Å²) in [5.74, 6) is 0.620. The van der Waals surface area contributed by atoms with Crippen molar-refractivity contribution in [1.82, 2.24) is 19.4 Å². The molecule has 154 valence electrons. The number of hydrogen-bond acceptors (Lipinski definition) is 5. The second-order valence-corrected chi connectivity index (χ2v) is 7.45. The number of carbonyl (C=O) groups is 1. The molecule has 1 amide bonds. The van der Waals surface area contributed by atoms with E-state index < -0.39 is 0 Å². The molecule has 1 aliphatic heterocycles. The summed E-state index contributed by atoms with van der Waals surface area (Å²) in [4.78, 5) is 38.5. The second kappa shape index (κ2) is 8.90. The molecule has 1 aromatic carbocycles. The van der Waals surface area contributed by atoms with Crippen LogP contribution in [-0.2, 0) is 13.0 Å². The number of benzene rings is 1. The van der Waals surface area contributed by atoms with E-state index in [0.29, 0.717) is 32.7 Å². The Morgan fingerprint density at radius 2 is 1.80 bits per heavy atom. The minimum absolute atomic E-state index is 0.189. The van der Waals surface area contributed by atoms with E-state index in [-0.39, 0.29) is 17.0 Å². The number of anilines is 1. The average molecular weight is 403 g/mol. The molecule has 0 N–H and O–H groups in total. The molecule has 0 bridgehead atoms. The van der Waals surface area contributed by atoms with Gasteiger partial charge in [-0.2, -0.15) is 0 Å². The molecule has 1 fully saturated rings. The van der Waals surface area contributed by atoms with Crippen molar-refractivity contribution < 1.29 is 4.79 Å². The van der Waals surface area contributed by atoms with Gasteiger partial charge in [0.15, 0.2) is 0 Å². The maximum Gasteiger partial charge on any atom is 0.263 e. The van der Waals surface area contributed by atoms with Gasteiger partial charge in [-0.3, -0.25) is 14.6 Å². The normalized spacial score (nSPS) is 14.0. The number of nitrogens with zero attached hydrogens (tertiary/aromatic N) is 5. The summed E-state index contributed by atoms with van der Waals surface area (Å²) in [6.45, 7) is 4.80. The van der Waals surface area contributed by atoms with Crippen molar-refractivity contribution in [2.24, 2.45) is 0 Å². The van der Waals surface area contributed by atoms with Gasteiger partial charge in [-0.05, 0) is 30.5 Å². The Kier molecular flexibility index (Phi) is 5.88. The Balaban J connectivity index is 1.47. The zero-order valence-corrected chi connectivity index (χ0v) is 17.1. The molecule has 1 aliphatic rings. The Labute approximate surface area is 175 Å². The number of pyridine rings is 1. The molecule has 1 saturated heterocycles. The summed E-state index contributed by atoms with van der Waals surface area (Å²) < 4.78 is 1.64. The molecule has 30 heavy (non-hydrogen) atoms. The summed E-state index contributed by atoms with van der Waals surface area (Å²) in [7, 11) is 0. The lowest BCUT2D eigenvalue weighted by atomic mass is 10.1. The minimum Gasteiger partial charge on any atom is -0.352 e. The lowest BCUT2D eigenvalue weighted by Gasteiger charge is -2.35. The smallest absolute Gasteiger partial charge is 0.263 e. The van der Waals surface area contributed by atoms with Crippen LogP contribution < -0.4 is 10.5 Å². The van der Waals surface area contributed by atoms with Crippen molar-refractivity contribution in [3.63, 3.8) is 0 Å². The van der Waals surface area contributed by atoms with Gasteiger partial charge in [0.05, 0.1) is 6.20 Å². The number of hydrogen-bond donors (Lipinski definition) is 0. The molecule has 3 aromatic rings. The highest BCUT2D eigenvalue weighted by Crippen LogP contribution is 2.14. The number of amides is 1. The largest absolute Gasteiger partial charge is 0.352 e. The maximum atomic E-state index is 13.2. The molecule has 7 nitrogen and oxygen atoms in total. The SMILES string of the molecule is Cc1ccn(CCc2ccccc2)c(=O)c1C(=O)N1CCN(c2cnccn2)CC1. The molecule has 2 aromatic heterocycles. The zero-order chi connectivity index (χ0) is 20.9. The van der Waals surface area contributed by atoms with E-state index in [2.05, 4.69) is 14.9 Å². The monoisotopic (exact) mass is 403 g/mol. The second-order valence-electron chi connectivity index (χ2n) is 7.45. The van der Waals surface area contributed by atoms with E-state index in [4.69, 9.17) is 0 Å². The Morgan fingerprint density at radius 1 is 1.03 bits per heavy atom. The molecule has 0 saturated carbocycles. The van der Waals surface area contributed by atoms with Crippen molar-refractivity contribution in [2.75, 3.05) is 31.1 Å². The van der Waals surface area contributed by atoms with Gasteiger partial charge in [-0.1, -0.05) is 30.3 Å². The quantitative estimate of drug-likeness (QED) is 0.653. The van der Waals surface area contributed by atoms with Crippen LogP contribution in [0.15, 0.2) is 66.0 Å². The van der Waals surface area contributed by atoms with Gasteiger partial charge in [-0.15, -0.1) is 0 Å². The molecule has 0 radical (unpaired) electrons. The van der Waals surface area contributed by atoms with Gasteiger partial charge in [0.1, 0.15) is 11.4 Å². The minimum atomic E-state index is -0.215. The van der Waals surface area contributed by atoms with Gasteiger partial charge in [0, 0.05) is 51.3 Å². The Morgan fingerprint density at radius 3 is 2.50 bits per heavy atom. The lowest BCUT2D eigenvalue weighted by Crippen LogP contribution is -2.50. The fourth-order valence-corrected chi connectivity index (χ4v) is 3.75. The number of aryl methyl sites for hydroxylation is 3. The molecule has 0 atom stereocenters.